The monoisotopic (exact) mass is 420 g/mol. The topological polar surface area (TPSA) is 68.3 Å². The van der Waals surface area contributed by atoms with Gasteiger partial charge in [-0.1, -0.05) is 60.7 Å². The molecule has 2 atom stereocenters. The molecule has 0 fully saturated rings. The molecule has 5 aromatic rings. The summed E-state index contributed by atoms with van der Waals surface area (Å²) >= 11 is 0. The summed E-state index contributed by atoms with van der Waals surface area (Å²) in [5.41, 5.74) is 5.45. The summed E-state index contributed by atoms with van der Waals surface area (Å²) in [7, 11) is 0. The Bertz CT molecular complexity index is 1450. The smallest absolute Gasteiger partial charge is 0.228 e. The first kappa shape index (κ1) is 18.8. The molecular weight excluding hydrogens is 400 g/mol. The molecule has 32 heavy (non-hydrogen) atoms. The molecule has 0 amide bonds. The summed E-state index contributed by atoms with van der Waals surface area (Å²) in [5.74, 6) is 0.143. The Hall–Kier alpha value is -3.96. The van der Waals surface area contributed by atoms with Gasteiger partial charge in [-0.2, -0.15) is 0 Å². The summed E-state index contributed by atoms with van der Waals surface area (Å²) in [4.78, 5) is 17.0. The van der Waals surface area contributed by atoms with Crippen LogP contribution in [0.4, 0.5) is 0 Å². The lowest BCUT2D eigenvalue weighted by Gasteiger charge is -2.19. The number of fused-ring (bicyclic) bond motifs is 4. The highest BCUT2D eigenvalue weighted by Gasteiger charge is 2.30. The van der Waals surface area contributed by atoms with E-state index in [0.29, 0.717) is 23.3 Å². The maximum atomic E-state index is 12.7. The summed E-state index contributed by atoms with van der Waals surface area (Å²) < 4.78 is 7.92. The lowest BCUT2D eigenvalue weighted by molar-refractivity contribution is 0.101. The number of rotatable bonds is 5. The number of carbonyl (C=O) groups excluding carboxylic acids is 1. The van der Waals surface area contributed by atoms with Crippen molar-refractivity contribution >= 4 is 16.8 Å². The minimum absolute atomic E-state index is 0.0222. The summed E-state index contributed by atoms with van der Waals surface area (Å²) in [5, 5.41) is 11.9. The van der Waals surface area contributed by atoms with Gasteiger partial charge in [-0.3, -0.25) is 4.79 Å². The van der Waals surface area contributed by atoms with Gasteiger partial charge in [-0.05, 0) is 29.3 Å². The number of hydrogen-bond donors (Lipinski definition) is 1. The van der Waals surface area contributed by atoms with Crippen molar-refractivity contribution in [2.24, 2.45) is 0 Å². The number of benzene rings is 3. The predicted octanol–water partition coefficient (Wildman–Crippen LogP) is 5.55. The number of aliphatic hydroxyl groups is 1. The van der Waals surface area contributed by atoms with E-state index in [1.54, 1.807) is 18.2 Å². The van der Waals surface area contributed by atoms with E-state index in [2.05, 4.69) is 21.7 Å². The van der Waals surface area contributed by atoms with Gasteiger partial charge in [0.2, 0.25) is 5.78 Å². The van der Waals surface area contributed by atoms with Gasteiger partial charge in [0.25, 0.3) is 0 Å². The van der Waals surface area contributed by atoms with E-state index in [9.17, 15) is 9.90 Å². The summed E-state index contributed by atoms with van der Waals surface area (Å²) in [6.07, 6.45) is 3.55. The van der Waals surface area contributed by atoms with Crippen LogP contribution in [-0.4, -0.2) is 20.4 Å². The Morgan fingerprint density at radius 1 is 1.03 bits per heavy atom. The Labute approximate surface area is 184 Å². The number of carbonyl (C=O) groups is 1. The Morgan fingerprint density at radius 2 is 1.84 bits per heavy atom. The SMILES string of the molecule is O=C(c1ccccc1)c1cc2cc(C(O)CC3c4ccccc4-c4cncn43)ccc2o1. The molecule has 2 aromatic heterocycles. The van der Waals surface area contributed by atoms with Gasteiger partial charge in [-0.25, -0.2) is 4.98 Å². The molecule has 5 heteroatoms. The Balaban J connectivity index is 1.29. The third kappa shape index (κ3) is 2.98. The maximum Gasteiger partial charge on any atom is 0.228 e. The molecule has 1 N–H and O–H groups in total. The van der Waals surface area contributed by atoms with E-state index in [1.165, 1.54) is 5.56 Å². The van der Waals surface area contributed by atoms with Crippen molar-refractivity contribution in [1.29, 1.82) is 0 Å². The molecule has 0 bridgehead atoms. The van der Waals surface area contributed by atoms with Crippen LogP contribution in [0.5, 0.6) is 0 Å². The molecule has 1 aliphatic rings. The fraction of sp³-hybridized carbons (Fsp3) is 0.111. The number of imidazole rings is 1. The quantitative estimate of drug-likeness (QED) is 0.378. The van der Waals surface area contributed by atoms with Crippen molar-refractivity contribution in [2.45, 2.75) is 18.6 Å². The van der Waals surface area contributed by atoms with Crippen LogP contribution in [0, 0.1) is 0 Å². The number of aromatic nitrogens is 2. The van der Waals surface area contributed by atoms with E-state index in [-0.39, 0.29) is 11.8 Å². The zero-order valence-corrected chi connectivity index (χ0v) is 17.2. The molecule has 0 saturated heterocycles. The molecule has 3 heterocycles. The fourth-order valence-electron chi connectivity index (χ4n) is 4.63. The molecule has 0 aliphatic carbocycles. The number of furan rings is 1. The molecule has 1 aliphatic heterocycles. The van der Waals surface area contributed by atoms with Crippen LogP contribution in [0.3, 0.4) is 0 Å². The van der Waals surface area contributed by atoms with Crippen LogP contribution in [-0.2, 0) is 0 Å². The van der Waals surface area contributed by atoms with Gasteiger partial charge < -0.3 is 14.1 Å². The second-order valence-corrected chi connectivity index (χ2v) is 8.14. The first-order chi connectivity index (χ1) is 15.7. The molecule has 2 unspecified atom stereocenters. The van der Waals surface area contributed by atoms with Crippen molar-refractivity contribution in [3.63, 3.8) is 0 Å². The minimum atomic E-state index is -0.672. The second-order valence-electron chi connectivity index (χ2n) is 8.14. The van der Waals surface area contributed by atoms with Crippen LogP contribution in [0.15, 0.2) is 95.8 Å². The number of hydrogen-bond acceptors (Lipinski definition) is 4. The highest BCUT2D eigenvalue weighted by Crippen LogP contribution is 2.43. The molecular formula is C27H20N2O3. The first-order valence-corrected chi connectivity index (χ1v) is 10.6. The van der Waals surface area contributed by atoms with E-state index in [4.69, 9.17) is 4.42 Å². The normalized spacial score (nSPS) is 15.5. The largest absolute Gasteiger partial charge is 0.453 e. The van der Waals surface area contributed by atoms with Gasteiger partial charge in [0.05, 0.1) is 30.4 Å². The standard InChI is InChI=1S/C27H20N2O3/c30-24(14-22-20-8-4-5-9-21(20)23-15-28-16-29(22)23)18-10-11-25-19(12-18)13-26(32-25)27(31)17-6-2-1-3-7-17/h1-13,15-16,22,24,30H,14H2. The summed E-state index contributed by atoms with van der Waals surface area (Å²) in [6, 6.07) is 24.7. The zero-order chi connectivity index (χ0) is 21.7. The Kier molecular flexibility index (Phi) is 4.30. The van der Waals surface area contributed by atoms with Crippen molar-refractivity contribution < 1.29 is 14.3 Å². The van der Waals surface area contributed by atoms with E-state index in [1.807, 2.05) is 61.1 Å². The van der Waals surface area contributed by atoms with Gasteiger partial charge in [0.1, 0.15) is 5.58 Å². The molecule has 6 rings (SSSR count). The molecule has 156 valence electrons. The van der Waals surface area contributed by atoms with E-state index < -0.39 is 6.10 Å². The van der Waals surface area contributed by atoms with Crippen molar-refractivity contribution in [2.75, 3.05) is 0 Å². The first-order valence-electron chi connectivity index (χ1n) is 10.6. The number of aliphatic hydroxyl groups excluding tert-OH is 1. The molecule has 0 spiro atoms. The third-order valence-electron chi connectivity index (χ3n) is 6.23. The average molecular weight is 420 g/mol. The van der Waals surface area contributed by atoms with Crippen molar-refractivity contribution in [3.8, 4) is 11.3 Å². The number of ketones is 1. The average Bonchev–Trinajstić information content (AvgIpc) is 3.54. The van der Waals surface area contributed by atoms with Crippen LogP contribution in [0.1, 0.15) is 45.8 Å². The van der Waals surface area contributed by atoms with E-state index in [0.717, 1.165) is 22.2 Å². The summed E-state index contributed by atoms with van der Waals surface area (Å²) in [6.45, 7) is 0. The fourth-order valence-corrected chi connectivity index (χ4v) is 4.63. The van der Waals surface area contributed by atoms with Gasteiger partial charge in [-0.15, -0.1) is 0 Å². The van der Waals surface area contributed by atoms with Crippen molar-refractivity contribution in [3.05, 3.63) is 114 Å². The highest BCUT2D eigenvalue weighted by molar-refractivity contribution is 6.09. The minimum Gasteiger partial charge on any atom is -0.453 e. The van der Waals surface area contributed by atoms with Crippen molar-refractivity contribution in [1.82, 2.24) is 9.55 Å². The lowest BCUT2D eigenvalue weighted by Crippen LogP contribution is -2.10. The molecule has 0 radical (unpaired) electrons. The zero-order valence-electron chi connectivity index (χ0n) is 17.2. The van der Waals surface area contributed by atoms with Crippen LogP contribution >= 0.6 is 0 Å². The van der Waals surface area contributed by atoms with Gasteiger partial charge >= 0.3 is 0 Å². The Morgan fingerprint density at radius 3 is 2.72 bits per heavy atom. The van der Waals surface area contributed by atoms with Crippen LogP contribution < -0.4 is 0 Å². The molecule has 0 saturated carbocycles. The lowest BCUT2D eigenvalue weighted by atomic mass is 9.95. The second kappa shape index (κ2) is 7.32. The van der Waals surface area contributed by atoms with Crippen LogP contribution in [0.2, 0.25) is 0 Å². The molecule has 3 aromatic carbocycles. The van der Waals surface area contributed by atoms with E-state index >= 15 is 0 Å². The predicted molar refractivity (Wildman–Crippen MR) is 121 cm³/mol. The highest BCUT2D eigenvalue weighted by atomic mass is 16.3. The molecule has 5 nitrogen and oxygen atoms in total. The maximum absolute atomic E-state index is 12.7. The number of nitrogens with zero attached hydrogens (tertiary/aromatic N) is 2. The van der Waals surface area contributed by atoms with Crippen LogP contribution in [0.25, 0.3) is 22.2 Å². The van der Waals surface area contributed by atoms with Gasteiger partial charge in [0.15, 0.2) is 5.76 Å². The van der Waals surface area contributed by atoms with Gasteiger partial charge in [0, 0.05) is 22.9 Å². The third-order valence-corrected chi connectivity index (χ3v) is 6.23.